The molecule has 2 aromatic carbocycles. The van der Waals surface area contributed by atoms with Crippen LogP contribution in [0.15, 0.2) is 92.5 Å². The average molecular weight is 601 g/mol. The Morgan fingerprint density at radius 1 is 0.591 bits per heavy atom. The highest BCUT2D eigenvalue weighted by Crippen LogP contribution is 2.13. The van der Waals surface area contributed by atoms with Crippen LogP contribution in [0.2, 0.25) is 0 Å². The van der Waals surface area contributed by atoms with Crippen molar-refractivity contribution in [3.8, 4) is 11.4 Å². The zero-order valence-corrected chi connectivity index (χ0v) is 26.6. The Labute approximate surface area is 254 Å². The van der Waals surface area contributed by atoms with E-state index in [-0.39, 0.29) is 22.5 Å². The van der Waals surface area contributed by atoms with Gasteiger partial charge in [-0.15, -0.1) is 0 Å². The quantitative estimate of drug-likeness (QED) is 0.303. The first-order valence-corrected chi connectivity index (χ1v) is 14.7. The Morgan fingerprint density at radius 3 is 1.57 bits per heavy atom. The van der Waals surface area contributed by atoms with E-state index >= 15 is 0 Å². The summed E-state index contributed by atoms with van der Waals surface area (Å²) in [4.78, 5) is 58.0. The first kappa shape index (κ1) is 33.2. The number of imidazole rings is 2. The minimum absolute atomic E-state index is 0.304. The molecule has 0 amide bonds. The molecular weight excluding hydrogens is 560 g/mol. The van der Waals surface area contributed by atoms with E-state index in [1.807, 2.05) is 88.4 Å². The molecule has 0 radical (unpaired) electrons. The van der Waals surface area contributed by atoms with Crippen LogP contribution < -0.4 is 22.5 Å². The Bertz CT molecular complexity index is 2080. The van der Waals surface area contributed by atoms with E-state index in [4.69, 9.17) is 0 Å². The molecule has 6 rings (SSSR count). The van der Waals surface area contributed by atoms with E-state index in [1.54, 1.807) is 49.7 Å². The molecule has 0 N–H and O–H groups in total. The van der Waals surface area contributed by atoms with Crippen LogP contribution >= 0.6 is 0 Å². The molecular formula is C32H40N8O4. The summed E-state index contributed by atoms with van der Waals surface area (Å²) in [5, 5.41) is 0. The van der Waals surface area contributed by atoms with E-state index < -0.39 is 0 Å². The van der Waals surface area contributed by atoms with Gasteiger partial charge < -0.3 is 9.13 Å². The van der Waals surface area contributed by atoms with Gasteiger partial charge in [0, 0.05) is 27.2 Å². The lowest BCUT2D eigenvalue weighted by molar-refractivity contribution is 0.656. The van der Waals surface area contributed by atoms with E-state index in [2.05, 4.69) is 9.97 Å². The van der Waals surface area contributed by atoms with Gasteiger partial charge in [0.1, 0.15) is 0 Å². The summed E-state index contributed by atoms with van der Waals surface area (Å²) in [6, 6.07) is 18.5. The van der Waals surface area contributed by atoms with Crippen LogP contribution in [-0.4, -0.2) is 37.4 Å². The molecule has 0 bridgehead atoms. The molecule has 0 saturated carbocycles. The minimum atomic E-state index is -0.366. The molecule has 0 spiro atoms. The predicted octanol–water partition coefficient (Wildman–Crippen LogP) is 3.86. The van der Waals surface area contributed by atoms with Crippen molar-refractivity contribution in [2.45, 2.75) is 54.6 Å². The number of rotatable bonds is 4. The van der Waals surface area contributed by atoms with Crippen molar-refractivity contribution < 1.29 is 0 Å². The lowest BCUT2D eigenvalue weighted by Crippen LogP contribution is -2.39. The molecule has 12 nitrogen and oxygen atoms in total. The van der Waals surface area contributed by atoms with E-state index in [0.29, 0.717) is 46.8 Å². The number of nitrogens with zero attached hydrogens (tertiary/aromatic N) is 8. The third-order valence-electron chi connectivity index (χ3n) is 6.65. The third-order valence-corrected chi connectivity index (χ3v) is 6.65. The maximum absolute atomic E-state index is 12.6. The molecule has 0 aliphatic heterocycles. The fraction of sp³-hybridized carbons (Fsp3) is 0.312. The van der Waals surface area contributed by atoms with Gasteiger partial charge in [-0.05, 0) is 38.1 Å². The number of hydrogen-bond acceptors (Lipinski definition) is 6. The smallest absolute Gasteiger partial charge is 0.328 e. The molecule has 44 heavy (non-hydrogen) atoms. The van der Waals surface area contributed by atoms with Crippen molar-refractivity contribution in [1.29, 1.82) is 0 Å². The highest BCUT2D eigenvalue weighted by molar-refractivity contribution is 5.73. The molecule has 232 valence electrons. The number of aryl methyl sites for hydroxylation is 2. The lowest BCUT2D eigenvalue weighted by Gasteiger charge is -2.11. The van der Waals surface area contributed by atoms with Crippen LogP contribution in [0.4, 0.5) is 0 Å². The molecule has 0 aliphatic rings. The SMILES string of the molecule is CC.CC.CCn1c(=O)c2c(ncn2C)n(-c2ccccc2)c1=O.CCn1c(=O)c2ncn(C)c2n(-c2ccccc2)c1=O. The molecule has 0 fully saturated rings. The van der Waals surface area contributed by atoms with Gasteiger partial charge in [-0.25, -0.2) is 28.7 Å². The van der Waals surface area contributed by atoms with E-state index in [9.17, 15) is 19.2 Å². The van der Waals surface area contributed by atoms with Crippen molar-refractivity contribution >= 4 is 22.3 Å². The van der Waals surface area contributed by atoms with Crippen LogP contribution in [0.1, 0.15) is 41.5 Å². The van der Waals surface area contributed by atoms with Gasteiger partial charge in [0.2, 0.25) is 0 Å². The van der Waals surface area contributed by atoms with Crippen molar-refractivity contribution in [2.24, 2.45) is 14.1 Å². The second-order valence-electron chi connectivity index (χ2n) is 9.06. The summed E-state index contributed by atoms with van der Waals surface area (Å²) < 4.78 is 8.74. The molecule has 0 aliphatic carbocycles. The van der Waals surface area contributed by atoms with Crippen molar-refractivity contribution in [2.75, 3.05) is 0 Å². The number of para-hydroxylation sites is 2. The molecule has 6 aromatic rings. The largest absolute Gasteiger partial charge is 0.337 e. The number of fused-ring (bicyclic) bond motifs is 2. The van der Waals surface area contributed by atoms with Crippen LogP contribution in [0.5, 0.6) is 0 Å². The van der Waals surface area contributed by atoms with Crippen molar-refractivity contribution in [1.82, 2.24) is 37.4 Å². The van der Waals surface area contributed by atoms with Crippen LogP contribution in [-0.2, 0) is 27.2 Å². The summed E-state index contributed by atoms with van der Waals surface area (Å²) >= 11 is 0. The summed E-state index contributed by atoms with van der Waals surface area (Å²) in [6.45, 7) is 12.2. The molecule has 0 saturated heterocycles. The maximum atomic E-state index is 12.6. The zero-order chi connectivity index (χ0) is 32.6. The fourth-order valence-electron chi connectivity index (χ4n) is 4.70. The minimum Gasteiger partial charge on any atom is -0.328 e. The van der Waals surface area contributed by atoms with Crippen molar-refractivity contribution in [3.63, 3.8) is 0 Å². The third kappa shape index (κ3) is 5.96. The average Bonchev–Trinajstić information content (AvgIpc) is 3.64. The van der Waals surface area contributed by atoms with Gasteiger partial charge in [-0.1, -0.05) is 64.1 Å². The lowest BCUT2D eigenvalue weighted by atomic mass is 10.3. The summed E-state index contributed by atoms with van der Waals surface area (Å²) in [5.74, 6) is 0. The number of aromatic nitrogens is 8. The second kappa shape index (κ2) is 14.8. The van der Waals surface area contributed by atoms with Gasteiger partial charge in [-0.3, -0.25) is 18.7 Å². The van der Waals surface area contributed by atoms with Gasteiger partial charge in [0.25, 0.3) is 11.1 Å². The summed E-state index contributed by atoms with van der Waals surface area (Å²) in [7, 11) is 3.51. The van der Waals surface area contributed by atoms with Crippen LogP contribution in [0.3, 0.4) is 0 Å². The Hall–Kier alpha value is -5.26. The Morgan fingerprint density at radius 2 is 1.05 bits per heavy atom. The van der Waals surface area contributed by atoms with Gasteiger partial charge >= 0.3 is 11.4 Å². The second-order valence-corrected chi connectivity index (χ2v) is 9.06. The zero-order valence-electron chi connectivity index (χ0n) is 26.6. The van der Waals surface area contributed by atoms with Gasteiger partial charge in [-0.2, -0.15) is 0 Å². The van der Waals surface area contributed by atoms with Gasteiger partial charge in [0.05, 0.1) is 24.0 Å². The molecule has 0 unspecified atom stereocenters. The molecule has 4 heterocycles. The molecule has 4 aromatic heterocycles. The number of hydrogen-bond donors (Lipinski definition) is 0. The topological polar surface area (TPSA) is 124 Å². The van der Waals surface area contributed by atoms with Crippen LogP contribution in [0.25, 0.3) is 33.7 Å². The number of benzene rings is 2. The Kier molecular flexibility index (Phi) is 11.2. The highest BCUT2D eigenvalue weighted by Gasteiger charge is 2.18. The fourth-order valence-corrected chi connectivity index (χ4v) is 4.70. The first-order chi connectivity index (χ1) is 21.3. The predicted molar refractivity (Wildman–Crippen MR) is 175 cm³/mol. The summed E-state index contributed by atoms with van der Waals surface area (Å²) in [5.41, 5.74) is 1.67. The molecule has 12 heteroatoms. The monoisotopic (exact) mass is 600 g/mol. The van der Waals surface area contributed by atoms with E-state index in [0.717, 1.165) is 0 Å². The van der Waals surface area contributed by atoms with Crippen LogP contribution in [0, 0.1) is 0 Å². The maximum Gasteiger partial charge on any atom is 0.337 e. The Balaban J connectivity index is 0.000000216. The van der Waals surface area contributed by atoms with Crippen molar-refractivity contribution in [3.05, 3.63) is 115 Å². The highest BCUT2D eigenvalue weighted by atomic mass is 16.2. The first-order valence-electron chi connectivity index (χ1n) is 14.7. The van der Waals surface area contributed by atoms with Gasteiger partial charge in [0.15, 0.2) is 22.3 Å². The standard InChI is InChI=1S/2C14H14N4O2.2C2H6/c1-3-17-13(19)11-12(15-9-16(11)2)18(14(17)20)10-7-5-4-6-8-10;1-3-17-13(19)11-12(16(2)9-15-11)18(14(17)20)10-7-5-4-6-8-10;2*1-2/h2*4-9H,3H2,1-2H3;2*1-2H3. The normalized spacial score (nSPS) is 10.4. The summed E-state index contributed by atoms with van der Waals surface area (Å²) in [6.07, 6.45) is 3.09. The molecule has 0 atom stereocenters. The van der Waals surface area contributed by atoms with E-state index in [1.165, 1.54) is 18.3 Å².